The molecule has 0 saturated carbocycles. The molecule has 0 amide bonds. The zero-order chi connectivity index (χ0) is 11.2. The highest BCUT2D eigenvalue weighted by Gasteiger charge is 2.27. The van der Waals surface area contributed by atoms with Gasteiger partial charge < -0.3 is 0 Å². The molecule has 0 saturated heterocycles. The van der Waals surface area contributed by atoms with Crippen LogP contribution in [0.25, 0.3) is 0 Å². The highest BCUT2D eigenvalue weighted by Crippen LogP contribution is 2.18. The molecule has 86 valence electrons. The van der Waals surface area contributed by atoms with Gasteiger partial charge in [0.2, 0.25) is 0 Å². The van der Waals surface area contributed by atoms with Crippen molar-refractivity contribution in [2.45, 2.75) is 25.2 Å². The second-order valence-electron chi connectivity index (χ2n) is 2.58. The predicted octanol–water partition coefficient (Wildman–Crippen LogP) is 1.99. The molecule has 0 rings (SSSR count). The Balaban J connectivity index is 3.23. The standard InChI is InChI=1S/C6H10F6N2/c7-5(8,9)1-3-13-14-4-2-6(10,11)12/h13-14H,1-4H2. The normalized spacial score (nSPS) is 13.3. The SMILES string of the molecule is FC(F)(F)CCNNCCC(F)(F)F. The third kappa shape index (κ3) is 11.5. The van der Waals surface area contributed by atoms with Crippen molar-refractivity contribution < 1.29 is 26.3 Å². The number of rotatable bonds is 5. The number of hydrazine groups is 1. The van der Waals surface area contributed by atoms with E-state index in [2.05, 4.69) is 0 Å². The van der Waals surface area contributed by atoms with E-state index < -0.39 is 38.3 Å². The summed E-state index contributed by atoms with van der Waals surface area (Å²) in [5, 5.41) is 0. The van der Waals surface area contributed by atoms with E-state index in [9.17, 15) is 26.3 Å². The van der Waals surface area contributed by atoms with E-state index in [4.69, 9.17) is 0 Å². The zero-order valence-corrected chi connectivity index (χ0v) is 7.10. The van der Waals surface area contributed by atoms with Gasteiger partial charge in [-0.15, -0.1) is 0 Å². The van der Waals surface area contributed by atoms with Gasteiger partial charge in [0, 0.05) is 13.1 Å². The van der Waals surface area contributed by atoms with Crippen molar-refractivity contribution in [1.82, 2.24) is 10.9 Å². The zero-order valence-electron chi connectivity index (χ0n) is 7.10. The summed E-state index contributed by atoms with van der Waals surface area (Å²) in [5.74, 6) is 0. The van der Waals surface area contributed by atoms with Gasteiger partial charge in [-0.3, -0.25) is 10.9 Å². The Kier molecular flexibility index (Phi) is 5.21. The first-order valence-corrected chi connectivity index (χ1v) is 3.80. The summed E-state index contributed by atoms with van der Waals surface area (Å²) >= 11 is 0. The average molecular weight is 224 g/mol. The van der Waals surface area contributed by atoms with Crippen molar-refractivity contribution in [3.8, 4) is 0 Å². The van der Waals surface area contributed by atoms with Crippen LogP contribution in [-0.2, 0) is 0 Å². The molecule has 0 spiro atoms. The lowest BCUT2D eigenvalue weighted by Crippen LogP contribution is -2.36. The van der Waals surface area contributed by atoms with E-state index in [1.54, 1.807) is 0 Å². The van der Waals surface area contributed by atoms with Gasteiger partial charge >= 0.3 is 12.4 Å². The smallest absolute Gasteiger partial charge is 0.258 e. The molecule has 0 fully saturated rings. The Morgan fingerprint density at radius 2 is 0.929 bits per heavy atom. The summed E-state index contributed by atoms with van der Waals surface area (Å²) in [6, 6.07) is 0. The van der Waals surface area contributed by atoms with Crippen LogP contribution in [0.3, 0.4) is 0 Å². The molecule has 0 bridgehead atoms. The van der Waals surface area contributed by atoms with Gasteiger partial charge in [0.1, 0.15) is 0 Å². The van der Waals surface area contributed by atoms with Crippen LogP contribution in [0.2, 0.25) is 0 Å². The summed E-state index contributed by atoms with van der Waals surface area (Å²) in [6.45, 7) is -0.886. The van der Waals surface area contributed by atoms with Crippen molar-refractivity contribution in [1.29, 1.82) is 0 Å². The molecule has 2 N–H and O–H groups in total. The predicted molar refractivity (Wildman–Crippen MR) is 37.3 cm³/mol. The van der Waals surface area contributed by atoms with Crippen LogP contribution < -0.4 is 10.9 Å². The number of hydrogen-bond donors (Lipinski definition) is 2. The molecular formula is C6H10F6N2. The van der Waals surface area contributed by atoms with Crippen molar-refractivity contribution in [3.05, 3.63) is 0 Å². The Labute approximate surface area is 76.6 Å². The maximum Gasteiger partial charge on any atom is 0.390 e. The van der Waals surface area contributed by atoms with Crippen molar-refractivity contribution >= 4 is 0 Å². The summed E-state index contributed by atoms with van der Waals surface area (Å²) < 4.78 is 69.0. The van der Waals surface area contributed by atoms with E-state index in [0.717, 1.165) is 0 Å². The summed E-state index contributed by atoms with van der Waals surface area (Å²) in [7, 11) is 0. The first-order valence-electron chi connectivity index (χ1n) is 3.80. The van der Waals surface area contributed by atoms with Crippen LogP contribution in [0.15, 0.2) is 0 Å². The molecule has 0 atom stereocenters. The lowest BCUT2D eigenvalue weighted by molar-refractivity contribution is -0.137. The lowest BCUT2D eigenvalue weighted by atomic mass is 10.4. The van der Waals surface area contributed by atoms with Gasteiger partial charge in [-0.05, 0) is 0 Å². The first-order chi connectivity index (χ1) is 6.21. The number of nitrogens with one attached hydrogen (secondary N) is 2. The van der Waals surface area contributed by atoms with Crippen LogP contribution in [0, 0.1) is 0 Å². The molecule has 0 aliphatic rings. The monoisotopic (exact) mass is 224 g/mol. The Hall–Kier alpha value is -0.500. The molecule has 2 nitrogen and oxygen atoms in total. The number of alkyl halides is 6. The summed E-state index contributed by atoms with van der Waals surface area (Å²) in [5.41, 5.74) is 4.09. The van der Waals surface area contributed by atoms with Gasteiger partial charge in [-0.2, -0.15) is 26.3 Å². The molecule has 8 heteroatoms. The molecule has 0 radical (unpaired) electrons. The van der Waals surface area contributed by atoms with Crippen molar-refractivity contribution in [3.63, 3.8) is 0 Å². The fourth-order valence-corrected chi connectivity index (χ4v) is 0.585. The molecule has 0 aliphatic carbocycles. The van der Waals surface area contributed by atoms with Gasteiger partial charge in [-0.25, -0.2) is 0 Å². The Bertz CT molecular complexity index is 133. The van der Waals surface area contributed by atoms with Gasteiger partial charge in [0.15, 0.2) is 0 Å². The quantitative estimate of drug-likeness (QED) is 0.424. The Morgan fingerprint density at radius 3 is 1.14 bits per heavy atom. The average Bonchev–Trinajstić information content (AvgIpc) is 1.92. The van der Waals surface area contributed by atoms with Crippen molar-refractivity contribution in [2.75, 3.05) is 13.1 Å². The second-order valence-corrected chi connectivity index (χ2v) is 2.58. The van der Waals surface area contributed by atoms with Gasteiger partial charge in [0.25, 0.3) is 0 Å². The van der Waals surface area contributed by atoms with E-state index >= 15 is 0 Å². The van der Waals surface area contributed by atoms with Gasteiger partial charge in [-0.1, -0.05) is 0 Å². The third-order valence-corrected chi connectivity index (χ3v) is 1.19. The highest BCUT2D eigenvalue weighted by atomic mass is 19.4. The fourth-order valence-electron chi connectivity index (χ4n) is 0.585. The Morgan fingerprint density at radius 1 is 0.643 bits per heavy atom. The third-order valence-electron chi connectivity index (χ3n) is 1.19. The molecule has 0 aromatic carbocycles. The van der Waals surface area contributed by atoms with Crippen LogP contribution in [0.5, 0.6) is 0 Å². The second kappa shape index (κ2) is 5.40. The maximum absolute atomic E-state index is 11.5. The van der Waals surface area contributed by atoms with Gasteiger partial charge in [0.05, 0.1) is 12.8 Å². The number of hydrogen-bond acceptors (Lipinski definition) is 2. The summed E-state index contributed by atoms with van der Waals surface area (Å²) in [6.07, 6.45) is -10.7. The van der Waals surface area contributed by atoms with Crippen molar-refractivity contribution in [2.24, 2.45) is 0 Å². The minimum Gasteiger partial charge on any atom is -0.258 e. The topological polar surface area (TPSA) is 24.1 Å². The highest BCUT2D eigenvalue weighted by molar-refractivity contribution is 4.54. The number of halogens is 6. The molecule has 14 heavy (non-hydrogen) atoms. The lowest BCUT2D eigenvalue weighted by Gasteiger charge is -2.10. The molecule has 0 unspecified atom stereocenters. The minimum atomic E-state index is -4.29. The largest absolute Gasteiger partial charge is 0.390 e. The maximum atomic E-state index is 11.5. The van der Waals surface area contributed by atoms with E-state index in [-0.39, 0.29) is 0 Å². The van der Waals surface area contributed by atoms with Crippen LogP contribution in [-0.4, -0.2) is 25.4 Å². The van der Waals surface area contributed by atoms with E-state index in [1.165, 1.54) is 0 Å². The molecule has 0 aromatic heterocycles. The molecule has 0 aliphatic heterocycles. The van der Waals surface area contributed by atoms with Crippen LogP contribution >= 0.6 is 0 Å². The molecule has 0 aromatic rings. The summed E-state index contributed by atoms with van der Waals surface area (Å²) in [4.78, 5) is 0. The minimum absolute atomic E-state index is 0.443. The first kappa shape index (κ1) is 13.5. The van der Waals surface area contributed by atoms with Crippen LogP contribution in [0.1, 0.15) is 12.8 Å². The molecular weight excluding hydrogens is 214 g/mol. The van der Waals surface area contributed by atoms with Crippen LogP contribution in [0.4, 0.5) is 26.3 Å². The van der Waals surface area contributed by atoms with E-state index in [1.807, 2.05) is 10.9 Å². The van der Waals surface area contributed by atoms with E-state index in [0.29, 0.717) is 0 Å². The molecule has 0 heterocycles. The fraction of sp³-hybridized carbons (Fsp3) is 1.00.